The van der Waals surface area contributed by atoms with Gasteiger partial charge in [0.25, 0.3) is 0 Å². The molecule has 23 heavy (non-hydrogen) atoms. The third kappa shape index (κ3) is 3.70. The summed E-state index contributed by atoms with van der Waals surface area (Å²) in [6, 6.07) is 8.99. The zero-order chi connectivity index (χ0) is 16.7. The molecule has 1 aliphatic heterocycles. The first-order chi connectivity index (χ1) is 10.8. The molecule has 1 saturated heterocycles. The average molecular weight is 315 g/mol. The molecule has 0 radical (unpaired) electrons. The van der Waals surface area contributed by atoms with Crippen LogP contribution >= 0.6 is 0 Å². The maximum absolute atomic E-state index is 12.2. The highest BCUT2D eigenvalue weighted by molar-refractivity contribution is 5.68. The molecular weight excluding hydrogens is 286 g/mol. The van der Waals surface area contributed by atoms with Crippen LogP contribution in [0.3, 0.4) is 0 Å². The van der Waals surface area contributed by atoms with Crippen LogP contribution < -0.4 is 0 Å². The van der Waals surface area contributed by atoms with E-state index >= 15 is 0 Å². The molecule has 3 nitrogen and oxygen atoms in total. The van der Waals surface area contributed by atoms with Crippen molar-refractivity contribution in [3.63, 3.8) is 0 Å². The van der Waals surface area contributed by atoms with Crippen LogP contribution in [0.1, 0.15) is 63.5 Å². The van der Waals surface area contributed by atoms with Crippen molar-refractivity contribution in [2.45, 2.75) is 64.9 Å². The second-order valence-electron chi connectivity index (χ2n) is 8.48. The predicted molar refractivity (Wildman–Crippen MR) is 92.6 cm³/mol. The topological polar surface area (TPSA) is 29.5 Å². The van der Waals surface area contributed by atoms with Gasteiger partial charge in [-0.3, -0.25) is 0 Å². The van der Waals surface area contributed by atoms with Crippen LogP contribution in [0, 0.1) is 12.3 Å². The van der Waals surface area contributed by atoms with Crippen molar-refractivity contribution >= 4 is 6.09 Å². The summed E-state index contributed by atoms with van der Waals surface area (Å²) in [6.07, 6.45) is 4.64. The fourth-order valence-electron chi connectivity index (χ4n) is 3.96. The number of aryl methyl sites for hydroxylation is 1. The van der Waals surface area contributed by atoms with E-state index in [2.05, 4.69) is 31.2 Å². The molecule has 126 valence electrons. The van der Waals surface area contributed by atoms with Crippen LogP contribution in [0.5, 0.6) is 0 Å². The fraction of sp³-hybridized carbons (Fsp3) is 0.650. The number of amides is 1. The summed E-state index contributed by atoms with van der Waals surface area (Å²) in [5.74, 6) is 0.712. The molecule has 1 saturated carbocycles. The molecule has 0 unspecified atom stereocenters. The lowest BCUT2D eigenvalue weighted by Crippen LogP contribution is -2.49. The van der Waals surface area contributed by atoms with Gasteiger partial charge in [0.15, 0.2) is 0 Å². The van der Waals surface area contributed by atoms with Crippen molar-refractivity contribution in [3.05, 3.63) is 35.4 Å². The molecule has 1 amide bonds. The van der Waals surface area contributed by atoms with E-state index in [0.717, 1.165) is 25.9 Å². The number of piperidine rings is 1. The van der Waals surface area contributed by atoms with Gasteiger partial charge in [0.1, 0.15) is 5.60 Å². The molecule has 2 aliphatic rings. The van der Waals surface area contributed by atoms with E-state index in [1.165, 1.54) is 24.0 Å². The Morgan fingerprint density at radius 2 is 1.70 bits per heavy atom. The van der Waals surface area contributed by atoms with E-state index in [1.54, 1.807) is 0 Å². The van der Waals surface area contributed by atoms with Gasteiger partial charge in [-0.15, -0.1) is 0 Å². The highest BCUT2D eigenvalue weighted by Crippen LogP contribution is 2.56. The number of ether oxygens (including phenoxy) is 1. The van der Waals surface area contributed by atoms with Crippen LogP contribution in [0.4, 0.5) is 4.79 Å². The van der Waals surface area contributed by atoms with Crippen LogP contribution in [0.2, 0.25) is 0 Å². The quantitative estimate of drug-likeness (QED) is 0.738. The molecule has 1 aromatic carbocycles. The van der Waals surface area contributed by atoms with Crippen molar-refractivity contribution in [1.82, 2.24) is 4.90 Å². The molecule has 1 aromatic rings. The highest BCUT2D eigenvalue weighted by Gasteiger charge is 2.46. The van der Waals surface area contributed by atoms with Crippen molar-refractivity contribution in [1.29, 1.82) is 0 Å². The normalized spacial score (nSPS) is 21.1. The molecule has 0 atom stereocenters. The lowest BCUT2D eigenvalue weighted by molar-refractivity contribution is -0.0121. The summed E-state index contributed by atoms with van der Waals surface area (Å²) in [5, 5.41) is 0. The third-order valence-corrected chi connectivity index (χ3v) is 5.38. The minimum Gasteiger partial charge on any atom is -0.444 e. The number of benzene rings is 1. The second kappa shape index (κ2) is 5.85. The zero-order valence-corrected chi connectivity index (χ0v) is 14.9. The van der Waals surface area contributed by atoms with Crippen LogP contribution in [-0.2, 0) is 4.74 Å². The van der Waals surface area contributed by atoms with E-state index in [4.69, 9.17) is 4.74 Å². The molecule has 1 heterocycles. The number of hydrogen-bond acceptors (Lipinski definition) is 2. The number of carbonyl (C=O) groups is 1. The van der Waals surface area contributed by atoms with Crippen LogP contribution in [-0.4, -0.2) is 29.7 Å². The number of carbonyl (C=O) groups excluding carboxylic acids is 1. The molecule has 0 N–H and O–H groups in total. The van der Waals surface area contributed by atoms with E-state index in [9.17, 15) is 4.79 Å². The van der Waals surface area contributed by atoms with Gasteiger partial charge < -0.3 is 9.64 Å². The van der Waals surface area contributed by atoms with E-state index < -0.39 is 5.60 Å². The molecule has 3 heteroatoms. The van der Waals surface area contributed by atoms with Crippen LogP contribution in [0.25, 0.3) is 0 Å². The lowest BCUT2D eigenvalue weighted by atomic mass is 9.56. The van der Waals surface area contributed by atoms with Gasteiger partial charge in [0.05, 0.1) is 0 Å². The summed E-state index contributed by atoms with van der Waals surface area (Å²) in [6.45, 7) is 9.60. The first-order valence-corrected chi connectivity index (χ1v) is 8.81. The average Bonchev–Trinajstić information content (AvgIpc) is 2.44. The monoisotopic (exact) mass is 315 g/mol. The molecular formula is C20H29NO2. The maximum atomic E-state index is 12.2. The molecule has 0 bridgehead atoms. The summed E-state index contributed by atoms with van der Waals surface area (Å²) < 4.78 is 5.49. The SMILES string of the molecule is Cc1ccc(C2CC3(CCN(C(=O)OC(C)(C)C)CC3)C2)cc1. The zero-order valence-electron chi connectivity index (χ0n) is 14.9. The standard InChI is InChI=1S/C20H29NO2/c1-15-5-7-16(8-6-15)17-13-20(14-17)9-11-21(12-10-20)18(22)23-19(2,3)4/h5-8,17H,9-14H2,1-4H3. The minimum absolute atomic E-state index is 0.151. The van der Waals surface area contributed by atoms with Crippen molar-refractivity contribution < 1.29 is 9.53 Å². The van der Waals surface area contributed by atoms with E-state index in [-0.39, 0.29) is 6.09 Å². The highest BCUT2D eigenvalue weighted by atomic mass is 16.6. The summed E-state index contributed by atoms with van der Waals surface area (Å²) in [5.41, 5.74) is 2.87. The van der Waals surface area contributed by atoms with Gasteiger partial charge in [0.2, 0.25) is 0 Å². The van der Waals surface area contributed by atoms with Crippen LogP contribution in [0.15, 0.2) is 24.3 Å². The van der Waals surface area contributed by atoms with Gasteiger partial charge in [-0.2, -0.15) is 0 Å². The number of likely N-dealkylation sites (tertiary alicyclic amines) is 1. The Labute approximate surface area is 140 Å². The Hall–Kier alpha value is -1.51. The Morgan fingerprint density at radius 1 is 1.13 bits per heavy atom. The summed E-state index contributed by atoms with van der Waals surface area (Å²) in [4.78, 5) is 14.0. The summed E-state index contributed by atoms with van der Waals surface area (Å²) >= 11 is 0. The van der Waals surface area contributed by atoms with Crippen molar-refractivity contribution in [2.75, 3.05) is 13.1 Å². The van der Waals surface area contributed by atoms with Gasteiger partial charge in [-0.1, -0.05) is 29.8 Å². The Balaban J connectivity index is 1.50. The number of rotatable bonds is 1. The molecule has 2 fully saturated rings. The molecule has 3 rings (SSSR count). The van der Waals surface area contributed by atoms with Gasteiger partial charge >= 0.3 is 6.09 Å². The first kappa shape index (κ1) is 16.4. The van der Waals surface area contributed by atoms with E-state index in [1.807, 2.05) is 25.7 Å². The minimum atomic E-state index is -0.404. The molecule has 1 spiro atoms. The molecule has 0 aromatic heterocycles. The van der Waals surface area contributed by atoms with E-state index in [0.29, 0.717) is 11.3 Å². The number of hydrogen-bond donors (Lipinski definition) is 0. The Morgan fingerprint density at radius 3 is 2.22 bits per heavy atom. The fourth-order valence-corrected chi connectivity index (χ4v) is 3.96. The molecule has 1 aliphatic carbocycles. The summed E-state index contributed by atoms with van der Waals surface area (Å²) in [7, 11) is 0. The number of nitrogens with zero attached hydrogens (tertiary/aromatic N) is 1. The smallest absolute Gasteiger partial charge is 0.410 e. The second-order valence-corrected chi connectivity index (χ2v) is 8.48. The Kier molecular flexibility index (Phi) is 4.16. The largest absolute Gasteiger partial charge is 0.444 e. The van der Waals surface area contributed by atoms with Gasteiger partial charge in [0, 0.05) is 13.1 Å². The van der Waals surface area contributed by atoms with Crippen molar-refractivity contribution in [2.24, 2.45) is 5.41 Å². The Bertz CT molecular complexity index is 554. The predicted octanol–water partition coefficient (Wildman–Crippen LogP) is 4.89. The maximum Gasteiger partial charge on any atom is 0.410 e. The van der Waals surface area contributed by atoms with Gasteiger partial charge in [-0.05, 0) is 70.3 Å². The van der Waals surface area contributed by atoms with Crippen molar-refractivity contribution in [3.8, 4) is 0 Å². The third-order valence-electron chi connectivity index (χ3n) is 5.38. The lowest BCUT2D eigenvalue weighted by Gasteiger charge is -2.52. The van der Waals surface area contributed by atoms with Gasteiger partial charge in [-0.25, -0.2) is 4.79 Å². The first-order valence-electron chi connectivity index (χ1n) is 8.81.